The van der Waals surface area contributed by atoms with Crippen LogP contribution >= 0.6 is 20.7 Å². The van der Waals surface area contributed by atoms with E-state index in [1.807, 2.05) is 30.3 Å². The van der Waals surface area contributed by atoms with Gasteiger partial charge in [-0.15, -0.1) is 0 Å². The number of para-hydroxylation sites is 1. The Morgan fingerprint density at radius 1 is 1.15 bits per heavy atom. The third kappa shape index (κ3) is 2.13. The van der Waals surface area contributed by atoms with E-state index in [0.29, 0.717) is 10.9 Å². The summed E-state index contributed by atoms with van der Waals surface area (Å²) in [4.78, 5) is 14.2. The number of benzene rings is 1. The predicted molar refractivity (Wildman–Crippen MR) is 52.8 cm³/mol. The Kier molecular flexibility index (Phi) is 2.37. The summed E-state index contributed by atoms with van der Waals surface area (Å²) in [6.07, 6.45) is 0. The number of ether oxygens (including phenoxy) is 1. The Morgan fingerprint density at radius 3 is 2.54 bits per heavy atom. The number of rotatable bonds is 2. The smallest absolute Gasteiger partial charge is 0.340 e. The van der Waals surface area contributed by atoms with Crippen LogP contribution in [-0.2, 0) is 0 Å². The minimum atomic E-state index is -0.212. The van der Waals surface area contributed by atoms with Gasteiger partial charge in [-0.3, -0.25) is 4.79 Å². The van der Waals surface area contributed by atoms with Crippen LogP contribution in [0.15, 0.2) is 35.1 Å². The van der Waals surface area contributed by atoms with Gasteiger partial charge in [0.15, 0.2) is 0 Å². The zero-order valence-electron chi connectivity index (χ0n) is 6.47. The average Bonchev–Trinajstić information content (AvgIpc) is 2.53. The van der Waals surface area contributed by atoms with Gasteiger partial charge in [0.2, 0.25) is 0 Å². The summed E-state index contributed by atoms with van der Waals surface area (Å²) in [5.41, 5.74) is 0. The van der Waals surface area contributed by atoms with Crippen molar-refractivity contribution in [2.45, 2.75) is 0 Å². The van der Waals surface area contributed by atoms with E-state index in [0.717, 1.165) is 10.3 Å². The Balaban J connectivity index is 2.20. The van der Waals surface area contributed by atoms with Crippen LogP contribution in [0.1, 0.15) is 0 Å². The van der Waals surface area contributed by atoms with Crippen molar-refractivity contribution in [3.05, 3.63) is 40.0 Å². The highest BCUT2D eigenvalue weighted by Crippen LogP contribution is 2.23. The summed E-state index contributed by atoms with van der Waals surface area (Å²) in [6, 6.07) is 9.26. The van der Waals surface area contributed by atoms with Crippen LogP contribution in [0.5, 0.6) is 10.9 Å². The molecule has 0 aliphatic rings. The molecule has 0 aliphatic heterocycles. The quantitative estimate of drug-likeness (QED) is 0.716. The molecule has 0 radical (unpaired) electrons. The highest BCUT2D eigenvalue weighted by Gasteiger charge is 2.01. The number of hydrogen-bond acceptors (Lipinski definition) is 5. The van der Waals surface area contributed by atoms with Gasteiger partial charge < -0.3 is 4.74 Å². The molecule has 1 aromatic carbocycles. The average molecular weight is 211 g/mol. The molecule has 66 valence electrons. The minimum absolute atomic E-state index is 0.212. The Morgan fingerprint density at radius 2 is 1.92 bits per heavy atom. The molecule has 0 atom stereocenters. The first-order valence-corrected chi connectivity index (χ1v) is 5.70. The third-order valence-corrected chi connectivity index (χ3v) is 3.06. The fourth-order valence-corrected chi connectivity index (χ4v) is 2.14. The van der Waals surface area contributed by atoms with Crippen molar-refractivity contribution in [2.24, 2.45) is 0 Å². The van der Waals surface area contributed by atoms with Gasteiger partial charge in [-0.2, -0.15) is 4.98 Å². The Bertz CT molecular complexity index is 435. The second-order valence-corrected chi connectivity index (χ2v) is 4.26. The molecule has 0 aliphatic carbocycles. The van der Waals surface area contributed by atoms with Crippen LogP contribution in [0.25, 0.3) is 0 Å². The first-order valence-electron chi connectivity index (χ1n) is 3.55. The molecule has 0 bridgehead atoms. The van der Waals surface area contributed by atoms with E-state index in [1.54, 1.807) is 0 Å². The number of aromatic nitrogens is 1. The van der Waals surface area contributed by atoms with Crippen LogP contribution in [0, 0.1) is 0 Å². The van der Waals surface area contributed by atoms with Crippen molar-refractivity contribution in [1.82, 2.24) is 4.98 Å². The molecule has 0 saturated carbocycles. The van der Waals surface area contributed by atoms with Gasteiger partial charge in [0.05, 0.1) is 0 Å². The molecule has 0 unspecified atom stereocenters. The van der Waals surface area contributed by atoms with Crippen molar-refractivity contribution in [1.29, 1.82) is 0 Å². The first-order chi connectivity index (χ1) is 6.34. The maximum absolute atomic E-state index is 10.7. The minimum Gasteiger partial charge on any atom is -0.430 e. The van der Waals surface area contributed by atoms with E-state index < -0.39 is 0 Å². The van der Waals surface area contributed by atoms with E-state index in [-0.39, 0.29) is 4.87 Å². The standard InChI is InChI=1S/C8H5NO2S2/c10-7-9-8(13-12-7)11-6-4-2-1-3-5-6/h1-5H. The zero-order valence-corrected chi connectivity index (χ0v) is 8.10. The summed E-state index contributed by atoms with van der Waals surface area (Å²) in [7, 11) is 2.31. The van der Waals surface area contributed by atoms with Gasteiger partial charge in [-0.25, -0.2) is 0 Å². The molecule has 1 aromatic heterocycles. The molecule has 0 fully saturated rings. The summed E-state index contributed by atoms with van der Waals surface area (Å²) in [5.74, 6) is 0.698. The van der Waals surface area contributed by atoms with Gasteiger partial charge in [-0.1, -0.05) is 18.2 Å². The van der Waals surface area contributed by atoms with Gasteiger partial charge >= 0.3 is 4.87 Å². The summed E-state index contributed by atoms with van der Waals surface area (Å²) < 4.78 is 5.32. The Hall–Kier alpha value is -1.20. The fraction of sp³-hybridized carbons (Fsp3) is 0. The molecule has 3 nitrogen and oxygen atoms in total. The van der Waals surface area contributed by atoms with Gasteiger partial charge in [0.1, 0.15) is 5.75 Å². The van der Waals surface area contributed by atoms with E-state index in [4.69, 9.17) is 4.74 Å². The number of nitrogens with zero attached hydrogens (tertiary/aromatic N) is 1. The molecular formula is C8H5NO2S2. The van der Waals surface area contributed by atoms with Crippen LogP contribution in [0.3, 0.4) is 0 Å². The van der Waals surface area contributed by atoms with Crippen molar-refractivity contribution < 1.29 is 4.74 Å². The molecular weight excluding hydrogens is 206 g/mol. The molecule has 2 rings (SSSR count). The SMILES string of the molecule is O=c1nc(Oc2ccccc2)ss1. The molecule has 5 heteroatoms. The van der Waals surface area contributed by atoms with E-state index in [2.05, 4.69) is 4.98 Å². The summed E-state index contributed by atoms with van der Waals surface area (Å²) >= 11 is 0. The predicted octanol–water partition coefficient (Wildman–Crippen LogP) is 2.36. The van der Waals surface area contributed by atoms with Crippen LogP contribution in [0.4, 0.5) is 0 Å². The van der Waals surface area contributed by atoms with E-state index in [1.165, 1.54) is 10.3 Å². The highest BCUT2D eigenvalue weighted by molar-refractivity contribution is 7.69. The second-order valence-electron chi connectivity index (χ2n) is 2.23. The zero-order chi connectivity index (χ0) is 9.10. The maximum atomic E-state index is 10.7. The molecule has 0 N–H and O–H groups in total. The summed E-state index contributed by atoms with van der Waals surface area (Å²) in [6.45, 7) is 0. The van der Waals surface area contributed by atoms with Crippen molar-refractivity contribution in [3.63, 3.8) is 0 Å². The topological polar surface area (TPSA) is 39.2 Å². The summed E-state index contributed by atoms with van der Waals surface area (Å²) in [5, 5.41) is 0.404. The van der Waals surface area contributed by atoms with Crippen molar-refractivity contribution >= 4 is 20.7 Å². The fourth-order valence-electron chi connectivity index (χ4n) is 0.812. The van der Waals surface area contributed by atoms with Crippen molar-refractivity contribution in [2.75, 3.05) is 0 Å². The molecule has 0 spiro atoms. The van der Waals surface area contributed by atoms with Gasteiger partial charge in [0.25, 0.3) is 5.19 Å². The molecule has 13 heavy (non-hydrogen) atoms. The molecule has 1 heterocycles. The molecule has 0 amide bonds. The van der Waals surface area contributed by atoms with Crippen molar-refractivity contribution in [3.8, 4) is 10.9 Å². The van der Waals surface area contributed by atoms with Crippen LogP contribution in [0.2, 0.25) is 0 Å². The first kappa shape index (κ1) is 8.40. The Labute approximate surface area is 81.7 Å². The lowest BCUT2D eigenvalue weighted by molar-refractivity contribution is 0.478. The lowest BCUT2D eigenvalue weighted by atomic mass is 10.3. The molecule has 2 aromatic rings. The van der Waals surface area contributed by atoms with Crippen LogP contribution < -0.4 is 9.61 Å². The van der Waals surface area contributed by atoms with Gasteiger partial charge in [-0.05, 0) is 32.8 Å². The molecule has 0 saturated heterocycles. The normalized spacial score (nSPS) is 9.85. The third-order valence-electron chi connectivity index (χ3n) is 1.32. The van der Waals surface area contributed by atoms with E-state index in [9.17, 15) is 4.79 Å². The van der Waals surface area contributed by atoms with E-state index >= 15 is 0 Å². The van der Waals surface area contributed by atoms with Crippen LogP contribution in [-0.4, -0.2) is 4.98 Å². The lowest BCUT2D eigenvalue weighted by Gasteiger charge is -1.97. The monoisotopic (exact) mass is 211 g/mol. The van der Waals surface area contributed by atoms with Gasteiger partial charge in [0, 0.05) is 0 Å². The second kappa shape index (κ2) is 3.68. The lowest BCUT2D eigenvalue weighted by Crippen LogP contribution is -1.92. The maximum Gasteiger partial charge on any atom is 0.340 e. The largest absolute Gasteiger partial charge is 0.430 e. The highest BCUT2D eigenvalue weighted by atomic mass is 32.9. The number of hydrogen-bond donors (Lipinski definition) is 0.